The van der Waals surface area contributed by atoms with Gasteiger partial charge in [0.05, 0.1) is 10.8 Å². The Hall–Kier alpha value is -2.26. The summed E-state index contributed by atoms with van der Waals surface area (Å²) in [6.45, 7) is 1.81. The molecule has 4 N–H and O–H groups in total. The highest BCUT2D eigenvalue weighted by molar-refractivity contribution is 7.89. The molecular weight excluding hydrogens is 406 g/mol. The summed E-state index contributed by atoms with van der Waals surface area (Å²) in [4.78, 5) is 16.3. The second kappa shape index (κ2) is 7.40. The molecular formula is C18H16ClN3O3S2. The van der Waals surface area contributed by atoms with Crippen LogP contribution in [-0.2, 0) is 14.8 Å². The van der Waals surface area contributed by atoms with Crippen molar-refractivity contribution in [1.29, 1.82) is 0 Å². The van der Waals surface area contributed by atoms with E-state index in [-0.39, 0.29) is 4.90 Å². The normalized spacial score (nSPS) is 12.7. The average Bonchev–Trinajstić information content (AvgIpc) is 3.02. The number of carbonyl (C=O) groups is 1. The molecule has 0 saturated heterocycles. The van der Waals surface area contributed by atoms with Crippen LogP contribution in [0.25, 0.3) is 10.6 Å². The van der Waals surface area contributed by atoms with Crippen LogP contribution in [0.4, 0.5) is 0 Å². The first-order valence-electron chi connectivity index (χ1n) is 7.81. The number of nitrogens with two attached hydrogens (primary N) is 2. The molecule has 0 fully saturated rings. The number of halogens is 1. The summed E-state index contributed by atoms with van der Waals surface area (Å²) in [6, 6.07) is 11.4. The smallest absolute Gasteiger partial charge is 0.238 e. The minimum absolute atomic E-state index is 0.118. The number of hydrogen-bond donors (Lipinski definition) is 2. The third kappa shape index (κ3) is 4.03. The van der Waals surface area contributed by atoms with Crippen molar-refractivity contribution in [1.82, 2.24) is 4.98 Å². The molecule has 0 bridgehead atoms. The zero-order chi connectivity index (χ0) is 19.8. The van der Waals surface area contributed by atoms with Crippen LogP contribution in [-0.4, -0.2) is 19.3 Å². The summed E-state index contributed by atoms with van der Waals surface area (Å²) in [5.41, 5.74) is 7.61. The number of primary amides is 1. The third-order valence-corrected chi connectivity index (χ3v) is 6.28. The summed E-state index contributed by atoms with van der Waals surface area (Å²) < 4.78 is 24.4. The van der Waals surface area contributed by atoms with Gasteiger partial charge >= 0.3 is 0 Å². The summed E-state index contributed by atoms with van der Waals surface area (Å²) in [5, 5.41) is 8.12. The quantitative estimate of drug-likeness (QED) is 0.658. The molecule has 140 valence electrons. The molecule has 3 aromatic rings. The number of primary sulfonamides is 1. The topological polar surface area (TPSA) is 116 Å². The molecule has 1 aromatic heterocycles. The van der Waals surface area contributed by atoms with Crippen LogP contribution in [0, 0.1) is 6.92 Å². The van der Waals surface area contributed by atoms with Crippen LogP contribution in [0.3, 0.4) is 0 Å². The van der Waals surface area contributed by atoms with E-state index < -0.39 is 21.8 Å². The van der Waals surface area contributed by atoms with E-state index in [1.54, 1.807) is 36.4 Å². The number of benzene rings is 2. The molecule has 9 heteroatoms. The Balaban J connectivity index is 2.22. The Morgan fingerprint density at radius 2 is 1.93 bits per heavy atom. The highest BCUT2D eigenvalue weighted by Gasteiger charge is 2.26. The molecule has 0 radical (unpaired) electrons. The monoisotopic (exact) mass is 421 g/mol. The molecule has 0 saturated carbocycles. The molecule has 3 rings (SSSR count). The maximum Gasteiger partial charge on any atom is 0.238 e. The minimum atomic E-state index is -4.06. The van der Waals surface area contributed by atoms with E-state index in [1.807, 2.05) is 12.3 Å². The van der Waals surface area contributed by atoms with Gasteiger partial charge in [0.1, 0.15) is 5.01 Å². The van der Waals surface area contributed by atoms with Crippen LogP contribution in [0.1, 0.15) is 22.7 Å². The van der Waals surface area contributed by atoms with E-state index in [2.05, 4.69) is 4.98 Å². The second-order valence-corrected chi connectivity index (χ2v) is 8.75. The first kappa shape index (κ1) is 19.5. The Morgan fingerprint density at radius 3 is 2.48 bits per heavy atom. The molecule has 6 nitrogen and oxygen atoms in total. The highest BCUT2D eigenvalue weighted by atomic mass is 35.5. The number of carbonyl (C=O) groups excluding carboxylic acids is 1. The maximum atomic E-state index is 12.2. The van der Waals surface area contributed by atoms with Crippen molar-refractivity contribution in [2.45, 2.75) is 17.7 Å². The van der Waals surface area contributed by atoms with Crippen molar-refractivity contribution in [3.05, 3.63) is 69.7 Å². The highest BCUT2D eigenvalue weighted by Crippen LogP contribution is 2.35. The molecule has 0 spiro atoms. The van der Waals surface area contributed by atoms with Crippen molar-refractivity contribution < 1.29 is 13.2 Å². The van der Waals surface area contributed by atoms with Crippen LogP contribution in [0.5, 0.6) is 0 Å². The van der Waals surface area contributed by atoms with Gasteiger partial charge in [0.15, 0.2) is 0 Å². The average molecular weight is 422 g/mol. The largest absolute Gasteiger partial charge is 0.369 e. The van der Waals surface area contributed by atoms with E-state index in [0.717, 1.165) is 5.69 Å². The van der Waals surface area contributed by atoms with Crippen molar-refractivity contribution >= 4 is 38.9 Å². The number of aromatic nitrogens is 1. The minimum Gasteiger partial charge on any atom is -0.369 e. The number of rotatable bonds is 5. The van der Waals surface area contributed by atoms with Gasteiger partial charge < -0.3 is 5.73 Å². The fourth-order valence-electron chi connectivity index (χ4n) is 2.81. The first-order valence-corrected chi connectivity index (χ1v) is 10.6. The Kier molecular flexibility index (Phi) is 5.34. The fourth-order valence-corrected chi connectivity index (χ4v) is 4.73. The fraction of sp³-hybridized carbons (Fsp3) is 0.111. The summed E-state index contributed by atoms with van der Waals surface area (Å²) in [7, 11) is -4.06. The molecule has 0 aliphatic carbocycles. The van der Waals surface area contributed by atoms with Crippen LogP contribution in [0.2, 0.25) is 5.02 Å². The lowest BCUT2D eigenvalue weighted by atomic mass is 9.90. The number of thiazole rings is 1. The third-order valence-electron chi connectivity index (χ3n) is 4.00. The van der Waals surface area contributed by atoms with Gasteiger partial charge in [-0.2, -0.15) is 0 Å². The number of hydrogen-bond acceptors (Lipinski definition) is 5. The van der Waals surface area contributed by atoms with Gasteiger partial charge in [-0.25, -0.2) is 18.5 Å². The van der Waals surface area contributed by atoms with Gasteiger partial charge in [-0.15, -0.1) is 11.3 Å². The number of nitrogens with zero attached hydrogens (tertiary/aromatic N) is 1. The van der Waals surface area contributed by atoms with Crippen LogP contribution in [0.15, 0.2) is 52.7 Å². The maximum absolute atomic E-state index is 12.2. The zero-order valence-electron chi connectivity index (χ0n) is 14.2. The molecule has 27 heavy (non-hydrogen) atoms. The Bertz CT molecular complexity index is 1130. The molecule has 1 atom stereocenters. The van der Waals surface area contributed by atoms with E-state index in [9.17, 15) is 13.2 Å². The molecule has 0 aliphatic rings. The molecule has 1 heterocycles. The molecule has 1 unspecified atom stereocenters. The number of aryl methyl sites for hydroxylation is 1. The summed E-state index contributed by atoms with van der Waals surface area (Å²) in [5.74, 6) is -1.56. The predicted octanol–water partition coefficient (Wildman–Crippen LogP) is 3.04. The van der Waals surface area contributed by atoms with Gasteiger partial charge in [-0.1, -0.05) is 41.9 Å². The van der Waals surface area contributed by atoms with E-state index in [1.165, 1.54) is 17.4 Å². The van der Waals surface area contributed by atoms with Crippen molar-refractivity contribution in [3.8, 4) is 10.6 Å². The molecule has 1 amide bonds. The molecule has 0 aliphatic heterocycles. The number of sulfonamides is 1. The Morgan fingerprint density at radius 1 is 1.22 bits per heavy atom. The van der Waals surface area contributed by atoms with E-state index >= 15 is 0 Å². The lowest BCUT2D eigenvalue weighted by Gasteiger charge is -2.17. The van der Waals surface area contributed by atoms with Crippen molar-refractivity contribution in [2.75, 3.05) is 0 Å². The van der Waals surface area contributed by atoms with Crippen LogP contribution >= 0.6 is 22.9 Å². The van der Waals surface area contributed by atoms with Gasteiger partial charge in [0.25, 0.3) is 0 Å². The SMILES string of the molecule is Cc1csc(-c2ccc(C(C(N)=O)c3ccccc3Cl)cc2S(N)(=O)=O)n1. The van der Waals surface area contributed by atoms with Gasteiger partial charge in [-0.3, -0.25) is 4.79 Å². The van der Waals surface area contributed by atoms with Gasteiger partial charge in [-0.05, 0) is 30.2 Å². The van der Waals surface area contributed by atoms with Crippen LogP contribution < -0.4 is 10.9 Å². The van der Waals surface area contributed by atoms with Gasteiger partial charge in [0.2, 0.25) is 15.9 Å². The zero-order valence-corrected chi connectivity index (χ0v) is 16.6. The Labute approximate surface area is 165 Å². The number of amides is 1. The van der Waals surface area contributed by atoms with Gasteiger partial charge in [0, 0.05) is 21.7 Å². The molecule has 2 aromatic carbocycles. The summed E-state index contributed by atoms with van der Waals surface area (Å²) in [6.07, 6.45) is 0. The predicted molar refractivity (Wildman–Crippen MR) is 106 cm³/mol. The summed E-state index contributed by atoms with van der Waals surface area (Å²) >= 11 is 7.52. The van der Waals surface area contributed by atoms with Crippen molar-refractivity contribution in [3.63, 3.8) is 0 Å². The second-order valence-electron chi connectivity index (χ2n) is 5.95. The van der Waals surface area contributed by atoms with E-state index in [0.29, 0.717) is 26.7 Å². The first-order chi connectivity index (χ1) is 12.7. The van der Waals surface area contributed by atoms with Crippen molar-refractivity contribution in [2.24, 2.45) is 10.9 Å². The standard InChI is InChI=1S/C18H16ClN3O3S2/c1-10-9-26-18(22-10)13-7-6-11(8-15(13)27(21,24)25)16(17(20)23)12-4-2-3-5-14(12)19/h2-9,16H,1H3,(H2,20,23)(H2,21,24,25). The van der Waals surface area contributed by atoms with E-state index in [4.69, 9.17) is 22.5 Å². The lowest BCUT2D eigenvalue weighted by Crippen LogP contribution is -2.23. The lowest BCUT2D eigenvalue weighted by molar-refractivity contribution is -0.118.